The molecule has 2 unspecified atom stereocenters. The number of hydrogen-bond donors (Lipinski definition) is 2. The summed E-state index contributed by atoms with van der Waals surface area (Å²) in [6.45, 7) is 2.68. The third-order valence-corrected chi connectivity index (χ3v) is 4.81. The second-order valence-corrected chi connectivity index (χ2v) is 6.01. The van der Waals surface area contributed by atoms with E-state index in [4.69, 9.17) is 10.8 Å². The molecule has 1 saturated heterocycles. The van der Waals surface area contributed by atoms with Gasteiger partial charge in [0.2, 0.25) is 5.91 Å². The molecule has 0 spiro atoms. The van der Waals surface area contributed by atoms with Crippen LogP contribution in [0.4, 0.5) is 0 Å². The quantitative estimate of drug-likeness (QED) is 0.664. The zero-order valence-corrected chi connectivity index (χ0v) is 12.3. The van der Waals surface area contributed by atoms with E-state index in [2.05, 4.69) is 0 Å². The van der Waals surface area contributed by atoms with E-state index < -0.39 is 12.0 Å². The summed E-state index contributed by atoms with van der Waals surface area (Å²) >= 11 is 1.57. The Labute approximate surface area is 118 Å². The lowest BCUT2D eigenvalue weighted by Gasteiger charge is -2.26. The van der Waals surface area contributed by atoms with E-state index >= 15 is 0 Å². The fraction of sp³-hybridized carbons (Fsp3) is 0.846. The number of rotatable bonds is 8. The lowest BCUT2D eigenvalue weighted by Crippen LogP contribution is -2.45. The van der Waals surface area contributed by atoms with Gasteiger partial charge in [0.15, 0.2) is 0 Å². The van der Waals surface area contributed by atoms with Gasteiger partial charge in [-0.05, 0) is 25.8 Å². The highest BCUT2D eigenvalue weighted by Gasteiger charge is 2.40. The predicted molar refractivity (Wildman–Crippen MR) is 76.9 cm³/mol. The summed E-state index contributed by atoms with van der Waals surface area (Å²) in [6.07, 6.45) is 5.08. The summed E-state index contributed by atoms with van der Waals surface area (Å²) in [5, 5.41) is 9.19. The molecule has 5 nitrogen and oxygen atoms in total. The van der Waals surface area contributed by atoms with Crippen LogP contribution in [0, 0.1) is 0 Å². The molecule has 1 fully saturated rings. The average Bonchev–Trinajstić information content (AvgIpc) is 2.82. The molecule has 0 aromatic rings. The number of carboxylic acids is 1. The number of nitrogens with zero attached hydrogens (tertiary/aromatic N) is 1. The van der Waals surface area contributed by atoms with Crippen molar-refractivity contribution in [2.24, 2.45) is 5.73 Å². The van der Waals surface area contributed by atoms with Crippen LogP contribution in [0.15, 0.2) is 0 Å². The first-order chi connectivity index (χ1) is 9.11. The standard InChI is InChI=1S/C13H24N2O3S/c1-2-12-15(10(9-19-12)13(17)18)11(16)7-5-3-4-6-8-14/h10,12H,2-9,14H2,1H3,(H,17,18). The smallest absolute Gasteiger partial charge is 0.327 e. The van der Waals surface area contributed by atoms with Crippen LogP contribution in [0.1, 0.15) is 45.4 Å². The minimum Gasteiger partial charge on any atom is -0.480 e. The fourth-order valence-corrected chi connectivity index (χ4v) is 3.67. The molecule has 1 heterocycles. The summed E-state index contributed by atoms with van der Waals surface area (Å²) in [5.74, 6) is -0.399. The number of aliphatic carboxylic acids is 1. The number of amides is 1. The van der Waals surface area contributed by atoms with Crippen LogP contribution >= 0.6 is 11.8 Å². The topological polar surface area (TPSA) is 83.6 Å². The molecule has 110 valence electrons. The van der Waals surface area contributed by atoms with Crippen molar-refractivity contribution in [1.29, 1.82) is 0 Å². The van der Waals surface area contributed by atoms with Gasteiger partial charge in [0, 0.05) is 12.2 Å². The Balaban J connectivity index is 2.44. The van der Waals surface area contributed by atoms with Crippen molar-refractivity contribution >= 4 is 23.6 Å². The number of thioether (sulfide) groups is 1. The Morgan fingerprint density at radius 2 is 2.00 bits per heavy atom. The number of hydrogen-bond acceptors (Lipinski definition) is 4. The number of nitrogens with two attached hydrogens (primary N) is 1. The minimum atomic E-state index is -0.889. The molecular weight excluding hydrogens is 264 g/mol. The van der Waals surface area contributed by atoms with Crippen molar-refractivity contribution in [2.45, 2.75) is 56.9 Å². The Bertz CT molecular complexity index is 312. The van der Waals surface area contributed by atoms with Gasteiger partial charge in [-0.2, -0.15) is 0 Å². The van der Waals surface area contributed by atoms with Crippen molar-refractivity contribution < 1.29 is 14.7 Å². The molecule has 2 atom stereocenters. The maximum atomic E-state index is 12.2. The summed E-state index contributed by atoms with van der Waals surface area (Å²) in [6, 6.07) is -0.647. The van der Waals surface area contributed by atoms with E-state index in [0.29, 0.717) is 18.7 Å². The first-order valence-corrected chi connectivity index (χ1v) is 8.02. The summed E-state index contributed by atoms with van der Waals surface area (Å²) in [7, 11) is 0. The molecule has 1 rings (SSSR count). The van der Waals surface area contributed by atoms with Crippen LogP contribution in [0.3, 0.4) is 0 Å². The van der Waals surface area contributed by atoms with E-state index in [1.807, 2.05) is 6.92 Å². The van der Waals surface area contributed by atoms with E-state index in [1.54, 1.807) is 16.7 Å². The van der Waals surface area contributed by atoms with E-state index in [1.165, 1.54) is 0 Å². The van der Waals surface area contributed by atoms with Gasteiger partial charge >= 0.3 is 5.97 Å². The van der Waals surface area contributed by atoms with Crippen LogP contribution < -0.4 is 5.73 Å². The first kappa shape index (κ1) is 16.3. The van der Waals surface area contributed by atoms with E-state index in [0.717, 1.165) is 32.1 Å². The highest BCUT2D eigenvalue weighted by Crippen LogP contribution is 2.32. The number of carbonyl (C=O) groups is 2. The van der Waals surface area contributed by atoms with Gasteiger partial charge in [0.1, 0.15) is 6.04 Å². The van der Waals surface area contributed by atoms with Crippen LogP contribution in [-0.4, -0.2) is 45.6 Å². The molecular formula is C13H24N2O3S. The van der Waals surface area contributed by atoms with Crippen molar-refractivity contribution in [2.75, 3.05) is 12.3 Å². The van der Waals surface area contributed by atoms with Gasteiger partial charge < -0.3 is 15.7 Å². The second-order valence-electron chi connectivity index (χ2n) is 4.80. The third-order valence-electron chi connectivity index (χ3n) is 3.36. The molecule has 0 aromatic heterocycles. The second kappa shape index (κ2) is 8.43. The van der Waals surface area contributed by atoms with Gasteiger partial charge in [-0.1, -0.05) is 19.8 Å². The first-order valence-electron chi connectivity index (χ1n) is 6.97. The SMILES string of the molecule is CCC1SCC(C(=O)O)N1C(=O)CCCCCCN. The molecule has 0 radical (unpaired) electrons. The van der Waals surface area contributed by atoms with Crippen LogP contribution in [0.5, 0.6) is 0 Å². The van der Waals surface area contributed by atoms with Crippen molar-refractivity contribution in [3.63, 3.8) is 0 Å². The molecule has 0 aromatic carbocycles. The summed E-state index contributed by atoms with van der Waals surface area (Å²) in [5.41, 5.74) is 5.41. The van der Waals surface area contributed by atoms with Crippen LogP contribution in [-0.2, 0) is 9.59 Å². The Hall–Kier alpha value is -0.750. The van der Waals surface area contributed by atoms with Crippen LogP contribution in [0.25, 0.3) is 0 Å². The zero-order valence-electron chi connectivity index (χ0n) is 11.5. The van der Waals surface area contributed by atoms with E-state index in [-0.39, 0.29) is 11.3 Å². The predicted octanol–water partition coefficient (Wildman–Crippen LogP) is 1.66. The zero-order chi connectivity index (χ0) is 14.3. The lowest BCUT2D eigenvalue weighted by atomic mass is 10.1. The molecule has 1 aliphatic rings. The molecule has 3 N–H and O–H groups in total. The molecule has 0 saturated carbocycles. The molecule has 1 aliphatic heterocycles. The fourth-order valence-electron chi connectivity index (χ4n) is 2.31. The Kier molecular flexibility index (Phi) is 7.23. The van der Waals surface area contributed by atoms with Gasteiger partial charge in [-0.3, -0.25) is 4.79 Å². The summed E-state index contributed by atoms with van der Waals surface area (Å²) in [4.78, 5) is 24.9. The largest absolute Gasteiger partial charge is 0.480 e. The molecule has 19 heavy (non-hydrogen) atoms. The highest BCUT2D eigenvalue weighted by atomic mass is 32.2. The van der Waals surface area contributed by atoms with Gasteiger partial charge in [-0.15, -0.1) is 11.8 Å². The molecule has 1 amide bonds. The Morgan fingerprint density at radius 1 is 1.32 bits per heavy atom. The lowest BCUT2D eigenvalue weighted by molar-refractivity contribution is -0.149. The van der Waals surface area contributed by atoms with Gasteiger partial charge in [0.05, 0.1) is 5.37 Å². The monoisotopic (exact) mass is 288 g/mol. The molecule has 0 aliphatic carbocycles. The maximum absolute atomic E-state index is 12.2. The summed E-state index contributed by atoms with van der Waals surface area (Å²) < 4.78 is 0. The minimum absolute atomic E-state index is 0.0167. The molecule has 0 bridgehead atoms. The maximum Gasteiger partial charge on any atom is 0.327 e. The Morgan fingerprint density at radius 3 is 2.58 bits per heavy atom. The third kappa shape index (κ3) is 4.69. The van der Waals surface area contributed by atoms with Crippen LogP contribution in [0.2, 0.25) is 0 Å². The van der Waals surface area contributed by atoms with E-state index in [9.17, 15) is 9.59 Å². The van der Waals surface area contributed by atoms with Gasteiger partial charge in [0.25, 0.3) is 0 Å². The number of carboxylic acid groups (broad SMARTS) is 1. The number of carbonyl (C=O) groups excluding carboxylic acids is 1. The normalized spacial score (nSPS) is 22.7. The average molecular weight is 288 g/mol. The number of unbranched alkanes of at least 4 members (excludes halogenated alkanes) is 3. The van der Waals surface area contributed by atoms with Crippen molar-refractivity contribution in [1.82, 2.24) is 4.90 Å². The highest BCUT2D eigenvalue weighted by molar-refractivity contribution is 8.00. The molecule has 6 heteroatoms. The van der Waals surface area contributed by atoms with Gasteiger partial charge in [-0.25, -0.2) is 4.79 Å². The van der Waals surface area contributed by atoms with Crippen molar-refractivity contribution in [3.8, 4) is 0 Å². The van der Waals surface area contributed by atoms with Crippen molar-refractivity contribution in [3.05, 3.63) is 0 Å².